The Kier molecular flexibility index (Phi) is 4.72. The van der Waals surface area contributed by atoms with Crippen molar-refractivity contribution in [2.75, 3.05) is 6.54 Å². The van der Waals surface area contributed by atoms with Crippen LogP contribution in [0.2, 0.25) is 0 Å². The quantitative estimate of drug-likeness (QED) is 0.880. The summed E-state index contributed by atoms with van der Waals surface area (Å²) in [5.41, 5.74) is -0.365. The topological polar surface area (TPSA) is 81.8 Å². The molecule has 118 valence electrons. The van der Waals surface area contributed by atoms with Crippen molar-refractivity contribution in [2.24, 2.45) is 0 Å². The number of aryl methyl sites for hydroxylation is 1. The summed E-state index contributed by atoms with van der Waals surface area (Å²) in [7, 11) is 0. The second-order valence-electron chi connectivity index (χ2n) is 5.66. The first-order chi connectivity index (χ1) is 10.7. The number of aromatic amines is 2. The van der Waals surface area contributed by atoms with Crippen molar-refractivity contribution in [3.63, 3.8) is 0 Å². The zero-order valence-electron chi connectivity index (χ0n) is 12.4. The molecule has 1 aliphatic heterocycles. The van der Waals surface area contributed by atoms with Crippen LogP contribution in [0.3, 0.4) is 0 Å². The van der Waals surface area contributed by atoms with Gasteiger partial charge in [-0.15, -0.1) is 11.3 Å². The zero-order valence-corrected chi connectivity index (χ0v) is 13.2. The Labute approximate surface area is 132 Å². The Morgan fingerprint density at radius 3 is 3.09 bits per heavy atom. The molecule has 2 N–H and O–H groups in total. The number of piperidine rings is 1. The minimum Gasteiger partial charge on any atom is -0.339 e. The van der Waals surface area contributed by atoms with Crippen molar-refractivity contribution in [2.45, 2.75) is 44.6 Å². The fraction of sp³-hybridized carbons (Fsp3) is 0.533. The fourth-order valence-corrected chi connectivity index (χ4v) is 3.75. The molecule has 1 atom stereocenters. The SMILES string of the molecule is O=C(Cc1n[nH]c(=O)[nH]1)N1CCCC[C@H]1CCc1cccs1. The molecule has 6 nitrogen and oxygen atoms in total. The molecule has 1 fully saturated rings. The van der Waals surface area contributed by atoms with Crippen molar-refractivity contribution in [1.82, 2.24) is 20.1 Å². The Morgan fingerprint density at radius 1 is 1.45 bits per heavy atom. The second-order valence-corrected chi connectivity index (χ2v) is 6.69. The van der Waals surface area contributed by atoms with Gasteiger partial charge in [0.2, 0.25) is 5.91 Å². The van der Waals surface area contributed by atoms with Crippen molar-refractivity contribution in [3.05, 3.63) is 38.7 Å². The molecule has 1 aliphatic rings. The van der Waals surface area contributed by atoms with E-state index in [4.69, 9.17) is 0 Å². The lowest BCUT2D eigenvalue weighted by atomic mass is 9.97. The van der Waals surface area contributed by atoms with Crippen LogP contribution in [0.25, 0.3) is 0 Å². The number of nitrogens with zero attached hydrogens (tertiary/aromatic N) is 2. The first kappa shape index (κ1) is 15.0. The smallest absolute Gasteiger partial charge is 0.339 e. The molecule has 0 aromatic carbocycles. The number of rotatable bonds is 5. The number of likely N-dealkylation sites (tertiary alicyclic amines) is 1. The van der Waals surface area contributed by atoms with Gasteiger partial charge in [-0.1, -0.05) is 6.07 Å². The van der Waals surface area contributed by atoms with Crippen LogP contribution in [-0.2, 0) is 17.6 Å². The van der Waals surface area contributed by atoms with Crippen LogP contribution in [0.15, 0.2) is 22.3 Å². The van der Waals surface area contributed by atoms with Crippen LogP contribution < -0.4 is 5.69 Å². The van der Waals surface area contributed by atoms with E-state index in [2.05, 4.69) is 32.7 Å². The molecule has 0 radical (unpaired) electrons. The highest BCUT2D eigenvalue weighted by atomic mass is 32.1. The van der Waals surface area contributed by atoms with Crippen molar-refractivity contribution in [3.8, 4) is 0 Å². The highest BCUT2D eigenvalue weighted by Crippen LogP contribution is 2.23. The van der Waals surface area contributed by atoms with Crippen LogP contribution in [0.5, 0.6) is 0 Å². The summed E-state index contributed by atoms with van der Waals surface area (Å²) in [5, 5.41) is 8.22. The summed E-state index contributed by atoms with van der Waals surface area (Å²) >= 11 is 1.77. The van der Waals surface area contributed by atoms with Gasteiger partial charge in [0.15, 0.2) is 0 Å². The van der Waals surface area contributed by atoms with Gasteiger partial charge in [-0.3, -0.25) is 9.78 Å². The number of nitrogens with one attached hydrogen (secondary N) is 2. The van der Waals surface area contributed by atoms with Gasteiger partial charge in [0.05, 0.1) is 6.42 Å². The normalized spacial score (nSPS) is 18.5. The third kappa shape index (κ3) is 3.65. The summed E-state index contributed by atoms with van der Waals surface area (Å²) in [6, 6.07) is 4.51. The fourth-order valence-electron chi connectivity index (χ4n) is 3.03. The molecule has 1 amide bonds. The van der Waals surface area contributed by atoms with E-state index < -0.39 is 0 Å². The molecule has 22 heavy (non-hydrogen) atoms. The number of thiophene rings is 1. The molecule has 3 heterocycles. The summed E-state index contributed by atoms with van der Waals surface area (Å²) in [5.74, 6) is 0.469. The van der Waals surface area contributed by atoms with Crippen LogP contribution in [0, 0.1) is 0 Å². The largest absolute Gasteiger partial charge is 0.340 e. The van der Waals surface area contributed by atoms with Gasteiger partial charge in [-0.2, -0.15) is 5.10 Å². The number of aromatic nitrogens is 3. The van der Waals surface area contributed by atoms with E-state index in [9.17, 15) is 9.59 Å². The number of hydrogen-bond donors (Lipinski definition) is 2. The number of carbonyl (C=O) groups is 1. The molecular formula is C15H20N4O2S. The summed E-state index contributed by atoms with van der Waals surface area (Å²) in [6.45, 7) is 0.808. The minimum absolute atomic E-state index is 0.0543. The molecule has 7 heteroatoms. The Bertz CT molecular complexity index is 661. The van der Waals surface area contributed by atoms with E-state index >= 15 is 0 Å². The third-order valence-corrected chi connectivity index (χ3v) is 5.06. The monoisotopic (exact) mass is 320 g/mol. The maximum Gasteiger partial charge on any atom is 0.340 e. The molecule has 0 saturated carbocycles. The van der Waals surface area contributed by atoms with Gasteiger partial charge in [0.1, 0.15) is 5.82 Å². The van der Waals surface area contributed by atoms with Gasteiger partial charge >= 0.3 is 5.69 Å². The summed E-state index contributed by atoms with van der Waals surface area (Å²) < 4.78 is 0. The van der Waals surface area contributed by atoms with E-state index in [1.54, 1.807) is 11.3 Å². The summed E-state index contributed by atoms with van der Waals surface area (Å²) in [6.07, 6.45) is 5.48. The molecule has 3 rings (SSSR count). The summed E-state index contributed by atoms with van der Waals surface area (Å²) in [4.78, 5) is 29.4. The zero-order chi connectivity index (χ0) is 15.4. The Balaban J connectivity index is 1.61. The number of amides is 1. The van der Waals surface area contributed by atoms with Gasteiger partial charge in [-0.25, -0.2) is 9.89 Å². The van der Waals surface area contributed by atoms with Crippen molar-refractivity contribution in [1.29, 1.82) is 0 Å². The first-order valence-corrected chi connectivity index (χ1v) is 8.56. The van der Waals surface area contributed by atoms with Crippen molar-refractivity contribution >= 4 is 17.2 Å². The standard InChI is InChI=1S/C15H20N4O2S/c20-14(10-13-16-15(21)18-17-13)19-8-2-1-4-11(19)6-7-12-5-3-9-22-12/h3,5,9,11H,1-2,4,6-8,10H2,(H2,16,17,18,21)/t11-/m0/s1. The third-order valence-electron chi connectivity index (χ3n) is 4.12. The van der Waals surface area contributed by atoms with Crippen molar-refractivity contribution < 1.29 is 4.79 Å². The van der Waals surface area contributed by atoms with E-state index in [0.717, 1.165) is 32.2 Å². The average molecular weight is 320 g/mol. The first-order valence-electron chi connectivity index (χ1n) is 7.68. The van der Waals surface area contributed by atoms with Crippen LogP contribution in [-0.4, -0.2) is 38.6 Å². The molecule has 0 unspecified atom stereocenters. The van der Waals surface area contributed by atoms with Crippen LogP contribution >= 0.6 is 11.3 Å². The Hall–Kier alpha value is -1.89. The van der Waals surface area contributed by atoms with Gasteiger partial charge in [0, 0.05) is 17.5 Å². The molecule has 2 aromatic heterocycles. The van der Waals surface area contributed by atoms with Gasteiger partial charge < -0.3 is 4.90 Å². The second kappa shape index (κ2) is 6.91. The highest BCUT2D eigenvalue weighted by molar-refractivity contribution is 7.09. The minimum atomic E-state index is -0.365. The molecule has 0 spiro atoms. The number of H-pyrrole nitrogens is 2. The van der Waals surface area contributed by atoms with E-state index in [0.29, 0.717) is 11.9 Å². The van der Waals surface area contributed by atoms with Crippen LogP contribution in [0.1, 0.15) is 36.4 Å². The molecular weight excluding hydrogens is 300 g/mol. The van der Waals surface area contributed by atoms with E-state index in [-0.39, 0.29) is 18.0 Å². The van der Waals surface area contributed by atoms with E-state index in [1.807, 2.05) is 4.90 Å². The van der Waals surface area contributed by atoms with Crippen LogP contribution in [0.4, 0.5) is 0 Å². The predicted octanol–water partition coefficient (Wildman–Crippen LogP) is 1.72. The highest BCUT2D eigenvalue weighted by Gasteiger charge is 2.27. The lowest BCUT2D eigenvalue weighted by molar-refractivity contribution is -0.134. The molecule has 0 bridgehead atoms. The molecule has 1 saturated heterocycles. The molecule has 0 aliphatic carbocycles. The number of hydrogen-bond acceptors (Lipinski definition) is 4. The maximum atomic E-state index is 12.5. The maximum absolute atomic E-state index is 12.5. The van der Waals surface area contributed by atoms with Gasteiger partial charge in [-0.05, 0) is 43.6 Å². The Morgan fingerprint density at radius 2 is 2.36 bits per heavy atom. The van der Waals surface area contributed by atoms with Gasteiger partial charge in [0.25, 0.3) is 0 Å². The number of carbonyl (C=O) groups excluding carboxylic acids is 1. The predicted molar refractivity (Wildman–Crippen MR) is 84.9 cm³/mol. The molecule has 2 aromatic rings. The lowest BCUT2D eigenvalue weighted by Gasteiger charge is -2.35. The average Bonchev–Trinajstić information content (AvgIpc) is 3.17. The lowest BCUT2D eigenvalue weighted by Crippen LogP contribution is -2.44. The van der Waals surface area contributed by atoms with E-state index in [1.165, 1.54) is 11.3 Å².